The van der Waals surface area contributed by atoms with Crippen molar-refractivity contribution >= 4 is 5.91 Å². The molecule has 1 aliphatic heterocycles. The second kappa shape index (κ2) is 9.34. The molecule has 0 saturated carbocycles. The zero-order valence-corrected chi connectivity index (χ0v) is 17.3. The minimum Gasteiger partial charge on any atom is -0.340 e. The molecular formula is C22H33N5O. The fourth-order valence-corrected chi connectivity index (χ4v) is 4.09. The highest BCUT2D eigenvalue weighted by Crippen LogP contribution is 2.23. The maximum atomic E-state index is 13.4. The van der Waals surface area contributed by atoms with Gasteiger partial charge in [0.15, 0.2) is 0 Å². The number of H-pyrrole nitrogens is 1. The number of aromatic nitrogens is 2. The van der Waals surface area contributed by atoms with Gasteiger partial charge in [-0.25, -0.2) is 0 Å². The summed E-state index contributed by atoms with van der Waals surface area (Å²) in [4.78, 5) is 17.7. The Morgan fingerprint density at radius 1 is 1.29 bits per heavy atom. The molecule has 1 aromatic carbocycles. The number of nitrogens with one attached hydrogen (secondary N) is 1. The fraction of sp³-hybridized carbons (Fsp3) is 0.545. The van der Waals surface area contributed by atoms with Crippen LogP contribution in [0.25, 0.3) is 0 Å². The van der Waals surface area contributed by atoms with Gasteiger partial charge in [0.05, 0.1) is 5.69 Å². The molecule has 152 valence electrons. The van der Waals surface area contributed by atoms with E-state index in [2.05, 4.69) is 34.3 Å². The van der Waals surface area contributed by atoms with Crippen molar-refractivity contribution in [2.75, 3.05) is 33.2 Å². The van der Waals surface area contributed by atoms with E-state index >= 15 is 0 Å². The standard InChI is InChI=1S/C22H33N5O/c1-16-20(17(2)25-24-16)21(23)22(28)27(14-11-18-7-5-4-6-8-18)15-19-9-12-26(3)13-10-19/h4-8,19,21H,9-15,23H2,1-3H3,(H,24,25). The highest BCUT2D eigenvalue weighted by atomic mass is 16.2. The molecule has 3 rings (SSSR count). The number of carbonyl (C=O) groups excluding carboxylic acids is 1. The monoisotopic (exact) mass is 383 g/mol. The number of aromatic amines is 1. The molecule has 0 radical (unpaired) electrons. The number of likely N-dealkylation sites (tertiary alicyclic amines) is 1. The lowest BCUT2D eigenvalue weighted by atomic mass is 9.95. The van der Waals surface area contributed by atoms with Crippen LogP contribution in [0.3, 0.4) is 0 Å². The Bertz CT molecular complexity index is 745. The molecule has 1 fully saturated rings. The summed E-state index contributed by atoms with van der Waals surface area (Å²) in [5, 5.41) is 7.16. The van der Waals surface area contributed by atoms with Gasteiger partial charge in [-0.2, -0.15) is 5.10 Å². The number of aryl methyl sites for hydroxylation is 2. The quantitative estimate of drug-likeness (QED) is 0.770. The zero-order chi connectivity index (χ0) is 20.1. The minimum atomic E-state index is -0.666. The maximum absolute atomic E-state index is 13.4. The van der Waals surface area contributed by atoms with E-state index in [1.165, 1.54) is 5.56 Å². The normalized spacial score (nSPS) is 16.9. The van der Waals surface area contributed by atoms with E-state index in [4.69, 9.17) is 5.73 Å². The van der Waals surface area contributed by atoms with Gasteiger partial charge in [-0.1, -0.05) is 30.3 Å². The molecular weight excluding hydrogens is 350 g/mol. The summed E-state index contributed by atoms with van der Waals surface area (Å²) in [6.45, 7) is 7.49. The Hall–Kier alpha value is -2.18. The van der Waals surface area contributed by atoms with Crippen molar-refractivity contribution in [3.63, 3.8) is 0 Å². The lowest BCUT2D eigenvalue weighted by Gasteiger charge is -2.34. The lowest BCUT2D eigenvalue weighted by Crippen LogP contribution is -2.44. The van der Waals surface area contributed by atoms with Crippen LogP contribution >= 0.6 is 0 Å². The van der Waals surface area contributed by atoms with Crippen LogP contribution in [-0.2, 0) is 11.2 Å². The number of hydrogen-bond donors (Lipinski definition) is 2. The number of amides is 1. The third-order valence-electron chi connectivity index (χ3n) is 5.90. The smallest absolute Gasteiger partial charge is 0.244 e. The van der Waals surface area contributed by atoms with Crippen LogP contribution in [0.4, 0.5) is 0 Å². The van der Waals surface area contributed by atoms with Crippen LogP contribution in [0.5, 0.6) is 0 Å². The summed E-state index contributed by atoms with van der Waals surface area (Å²) < 4.78 is 0. The van der Waals surface area contributed by atoms with Gasteiger partial charge in [0.25, 0.3) is 0 Å². The van der Waals surface area contributed by atoms with E-state index < -0.39 is 6.04 Å². The summed E-state index contributed by atoms with van der Waals surface area (Å²) in [5.74, 6) is 0.539. The molecule has 0 aliphatic carbocycles. The van der Waals surface area contributed by atoms with E-state index in [1.807, 2.05) is 36.9 Å². The topological polar surface area (TPSA) is 78.2 Å². The maximum Gasteiger partial charge on any atom is 0.244 e. The van der Waals surface area contributed by atoms with Crippen molar-refractivity contribution in [3.8, 4) is 0 Å². The third kappa shape index (κ3) is 5.00. The van der Waals surface area contributed by atoms with Gasteiger partial charge >= 0.3 is 0 Å². The summed E-state index contributed by atoms with van der Waals surface area (Å²) >= 11 is 0. The fourth-order valence-electron chi connectivity index (χ4n) is 4.09. The zero-order valence-electron chi connectivity index (χ0n) is 17.3. The Balaban J connectivity index is 1.73. The third-order valence-corrected chi connectivity index (χ3v) is 5.90. The highest BCUT2D eigenvalue weighted by Gasteiger charge is 2.29. The SMILES string of the molecule is Cc1n[nH]c(C)c1C(N)C(=O)N(CCc1ccccc1)CC1CCN(C)CC1. The first-order chi connectivity index (χ1) is 13.5. The number of piperidine rings is 1. The molecule has 2 heterocycles. The molecule has 1 atom stereocenters. The van der Waals surface area contributed by atoms with Crippen molar-refractivity contribution in [2.45, 2.75) is 39.2 Å². The van der Waals surface area contributed by atoms with Crippen molar-refractivity contribution in [3.05, 3.63) is 52.8 Å². The second-order valence-corrected chi connectivity index (χ2v) is 8.09. The van der Waals surface area contributed by atoms with Crippen LogP contribution in [0.1, 0.15) is 41.4 Å². The molecule has 3 N–H and O–H groups in total. The van der Waals surface area contributed by atoms with Crippen molar-refractivity contribution < 1.29 is 4.79 Å². The number of nitrogens with zero attached hydrogens (tertiary/aromatic N) is 3. The predicted molar refractivity (Wildman–Crippen MR) is 112 cm³/mol. The van der Waals surface area contributed by atoms with E-state index in [1.54, 1.807) is 0 Å². The number of benzene rings is 1. The Labute approximate surface area is 168 Å². The van der Waals surface area contributed by atoms with Crippen LogP contribution in [0, 0.1) is 19.8 Å². The summed E-state index contributed by atoms with van der Waals surface area (Å²) in [5.41, 5.74) is 10.2. The molecule has 1 saturated heterocycles. The second-order valence-electron chi connectivity index (χ2n) is 8.09. The van der Waals surface area contributed by atoms with Crippen molar-refractivity contribution in [1.29, 1.82) is 0 Å². The van der Waals surface area contributed by atoms with Gasteiger partial charge < -0.3 is 15.5 Å². The number of rotatable bonds is 7. The van der Waals surface area contributed by atoms with Gasteiger partial charge in [0.1, 0.15) is 6.04 Å². The average Bonchev–Trinajstić information content (AvgIpc) is 3.04. The first-order valence-electron chi connectivity index (χ1n) is 10.2. The molecule has 1 amide bonds. The van der Waals surface area contributed by atoms with Crippen molar-refractivity contribution in [1.82, 2.24) is 20.0 Å². The number of hydrogen-bond acceptors (Lipinski definition) is 4. The molecule has 0 spiro atoms. The van der Waals surface area contributed by atoms with E-state index in [0.717, 1.165) is 55.8 Å². The van der Waals surface area contributed by atoms with Gasteiger partial charge in [-0.3, -0.25) is 9.89 Å². The first kappa shape index (κ1) is 20.6. The van der Waals surface area contributed by atoms with E-state index in [9.17, 15) is 4.79 Å². The molecule has 1 unspecified atom stereocenters. The molecule has 6 nitrogen and oxygen atoms in total. The van der Waals surface area contributed by atoms with Crippen LogP contribution in [0.2, 0.25) is 0 Å². The first-order valence-corrected chi connectivity index (χ1v) is 10.2. The molecule has 28 heavy (non-hydrogen) atoms. The van der Waals surface area contributed by atoms with Crippen LogP contribution < -0.4 is 5.73 Å². The van der Waals surface area contributed by atoms with Crippen LogP contribution in [0.15, 0.2) is 30.3 Å². The summed E-state index contributed by atoms with van der Waals surface area (Å²) in [7, 11) is 2.16. The van der Waals surface area contributed by atoms with Gasteiger partial charge in [-0.15, -0.1) is 0 Å². The lowest BCUT2D eigenvalue weighted by molar-refractivity contribution is -0.133. The number of carbonyl (C=O) groups is 1. The molecule has 1 aromatic heterocycles. The molecule has 2 aromatic rings. The van der Waals surface area contributed by atoms with E-state index in [0.29, 0.717) is 12.5 Å². The largest absolute Gasteiger partial charge is 0.340 e. The van der Waals surface area contributed by atoms with Gasteiger partial charge in [0.2, 0.25) is 5.91 Å². The van der Waals surface area contributed by atoms with Crippen molar-refractivity contribution in [2.24, 2.45) is 11.7 Å². The highest BCUT2D eigenvalue weighted by molar-refractivity contribution is 5.83. The predicted octanol–water partition coefficient (Wildman–Crippen LogP) is 2.44. The van der Waals surface area contributed by atoms with Gasteiger partial charge in [0, 0.05) is 24.3 Å². The summed E-state index contributed by atoms with van der Waals surface area (Å²) in [6.07, 6.45) is 3.10. The summed E-state index contributed by atoms with van der Waals surface area (Å²) in [6, 6.07) is 9.67. The Morgan fingerprint density at radius 2 is 1.96 bits per heavy atom. The number of nitrogens with two attached hydrogens (primary N) is 1. The average molecular weight is 384 g/mol. The molecule has 0 bridgehead atoms. The molecule has 1 aliphatic rings. The molecule has 6 heteroatoms. The Kier molecular flexibility index (Phi) is 6.86. The van der Waals surface area contributed by atoms with E-state index in [-0.39, 0.29) is 5.91 Å². The minimum absolute atomic E-state index is 0.00228. The van der Waals surface area contributed by atoms with Gasteiger partial charge in [-0.05, 0) is 64.7 Å². The van der Waals surface area contributed by atoms with Crippen LogP contribution in [-0.4, -0.2) is 59.1 Å². The Morgan fingerprint density at radius 3 is 2.57 bits per heavy atom.